The van der Waals surface area contributed by atoms with Crippen LogP contribution in [-0.2, 0) is 19.1 Å². The summed E-state index contributed by atoms with van der Waals surface area (Å²) in [6, 6.07) is 12.4. The van der Waals surface area contributed by atoms with Crippen LogP contribution >= 0.6 is 0 Å². The Hall–Kier alpha value is -4.20. The molecule has 3 heterocycles. The predicted molar refractivity (Wildman–Crippen MR) is 147 cm³/mol. The van der Waals surface area contributed by atoms with Crippen molar-refractivity contribution in [2.45, 2.75) is 26.1 Å². The second kappa shape index (κ2) is 11.5. The van der Waals surface area contributed by atoms with Gasteiger partial charge in [0.2, 0.25) is 0 Å². The maximum Gasteiger partial charge on any atom is 0.416 e. The number of likely N-dealkylation sites (N-methyl/N-ethyl adjacent to an activating group) is 1. The van der Waals surface area contributed by atoms with Crippen molar-refractivity contribution in [3.05, 3.63) is 94.4 Å². The summed E-state index contributed by atoms with van der Waals surface area (Å²) in [5, 5.41) is 6.80. The van der Waals surface area contributed by atoms with E-state index < -0.39 is 17.6 Å². The van der Waals surface area contributed by atoms with Crippen LogP contribution in [0.1, 0.15) is 45.2 Å². The van der Waals surface area contributed by atoms with E-state index in [1.165, 1.54) is 0 Å². The standard InChI is InChI=1S/C30H29F3N6O/c1-3-22-4-5-24(18-23(22)6-7-26-9-11-39-28(35-26)8-10-34-39)29(40)36-27-17-21(16-25(19-27)30(31,32)33)20-38-14-12-37(2)13-15-38/h4-5,8-11,16-19H,3,12-15,20H2,1-2H3,(H,36,40). The van der Waals surface area contributed by atoms with Gasteiger partial charge in [0.15, 0.2) is 5.65 Å². The van der Waals surface area contributed by atoms with Gasteiger partial charge in [-0.15, -0.1) is 0 Å². The molecular formula is C30H29F3N6O. The average molecular weight is 547 g/mol. The number of fused-ring (bicyclic) bond motifs is 1. The largest absolute Gasteiger partial charge is 0.416 e. The predicted octanol–water partition coefficient (Wildman–Crippen LogP) is 4.71. The number of halogens is 3. The molecule has 0 radical (unpaired) electrons. The Balaban J connectivity index is 1.38. The molecule has 0 bridgehead atoms. The van der Waals surface area contributed by atoms with Crippen molar-refractivity contribution in [3.8, 4) is 11.8 Å². The molecule has 2 aromatic carbocycles. The highest BCUT2D eigenvalue weighted by Gasteiger charge is 2.31. The molecule has 0 aliphatic carbocycles. The van der Waals surface area contributed by atoms with Gasteiger partial charge >= 0.3 is 6.18 Å². The first-order valence-electron chi connectivity index (χ1n) is 13.1. The van der Waals surface area contributed by atoms with Gasteiger partial charge < -0.3 is 10.2 Å². The normalized spacial score (nSPS) is 14.6. The van der Waals surface area contributed by atoms with Crippen LogP contribution in [0.5, 0.6) is 0 Å². The number of amides is 1. The number of nitrogens with one attached hydrogen (secondary N) is 1. The minimum absolute atomic E-state index is 0.106. The molecular weight excluding hydrogens is 517 g/mol. The molecule has 1 aliphatic rings. The lowest BCUT2D eigenvalue weighted by Crippen LogP contribution is -2.43. The van der Waals surface area contributed by atoms with E-state index in [0.717, 1.165) is 43.9 Å². The van der Waals surface area contributed by atoms with Gasteiger partial charge in [-0.3, -0.25) is 9.69 Å². The summed E-state index contributed by atoms with van der Waals surface area (Å²) in [6.45, 7) is 5.62. The first-order valence-corrected chi connectivity index (χ1v) is 13.1. The molecule has 0 atom stereocenters. The first kappa shape index (κ1) is 27.4. The van der Waals surface area contributed by atoms with E-state index >= 15 is 0 Å². The number of anilines is 1. The smallest absolute Gasteiger partial charge is 0.322 e. The van der Waals surface area contributed by atoms with Crippen molar-refractivity contribution < 1.29 is 18.0 Å². The third-order valence-corrected chi connectivity index (χ3v) is 6.92. The molecule has 5 rings (SSSR count). The molecule has 2 aromatic heterocycles. The van der Waals surface area contributed by atoms with Crippen LogP contribution in [0.15, 0.2) is 60.9 Å². The van der Waals surface area contributed by atoms with Gasteiger partial charge in [-0.1, -0.05) is 18.9 Å². The summed E-state index contributed by atoms with van der Waals surface area (Å²) in [5.74, 6) is 5.64. The maximum atomic E-state index is 13.7. The summed E-state index contributed by atoms with van der Waals surface area (Å²) in [5.41, 5.74) is 2.96. The molecule has 1 amide bonds. The highest BCUT2D eigenvalue weighted by atomic mass is 19.4. The van der Waals surface area contributed by atoms with Gasteiger partial charge in [0.05, 0.1) is 11.8 Å². The Morgan fingerprint density at radius 2 is 1.82 bits per heavy atom. The summed E-state index contributed by atoms with van der Waals surface area (Å²) < 4.78 is 42.8. The number of alkyl halides is 3. The van der Waals surface area contributed by atoms with Gasteiger partial charge in [0.25, 0.3) is 5.91 Å². The average Bonchev–Trinajstić information content (AvgIpc) is 3.40. The Bertz CT molecular complexity index is 1590. The second-order valence-corrected chi connectivity index (χ2v) is 9.87. The molecule has 7 nitrogen and oxygen atoms in total. The van der Waals surface area contributed by atoms with Gasteiger partial charge in [0.1, 0.15) is 5.69 Å². The number of hydrogen-bond acceptors (Lipinski definition) is 5. The van der Waals surface area contributed by atoms with Crippen LogP contribution in [0, 0.1) is 11.8 Å². The SMILES string of the molecule is CCc1ccc(C(=O)Nc2cc(CN3CCN(C)CC3)cc(C(F)(F)F)c2)cc1C#Cc1ccn2nccc2n1. The number of nitrogens with zero attached hydrogens (tertiary/aromatic N) is 5. The lowest BCUT2D eigenvalue weighted by atomic mass is 10.0. The van der Waals surface area contributed by atoms with Crippen LogP contribution < -0.4 is 5.32 Å². The minimum atomic E-state index is -4.53. The van der Waals surface area contributed by atoms with Crippen LogP contribution in [0.25, 0.3) is 5.65 Å². The van der Waals surface area contributed by atoms with Crippen molar-refractivity contribution in [2.75, 3.05) is 38.5 Å². The Kier molecular flexibility index (Phi) is 7.87. The van der Waals surface area contributed by atoms with Gasteiger partial charge in [-0.05, 0) is 66.9 Å². The fraction of sp³-hybridized carbons (Fsp3) is 0.300. The van der Waals surface area contributed by atoms with E-state index in [1.54, 1.807) is 47.2 Å². The van der Waals surface area contributed by atoms with Crippen LogP contribution in [0.2, 0.25) is 0 Å². The lowest BCUT2D eigenvalue weighted by molar-refractivity contribution is -0.137. The van der Waals surface area contributed by atoms with Crippen molar-refractivity contribution in [2.24, 2.45) is 0 Å². The molecule has 0 saturated carbocycles. The number of rotatable bonds is 5. The highest BCUT2D eigenvalue weighted by Crippen LogP contribution is 2.32. The van der Waals surface area contributed by atoms with Crippen LogP contribution in [-0.4, -0.2) is 63.5 Å². The van der Waals surface area contributed by atoms with E-state index in [2.05, 4.69) is 37.0 Å². The zero-order chi connectivity index (χ0) is 28.3. The second-order valence-electron chi connectivity index (χ2n) is 9.87. The number of carbonyl (C=O) groups is 1. The molecule has 1 aliphatic heterocycles. The topological polar surface area (TPSA) is 65.8 Å². The third-order valence-electron chi connectivity index (χ3n) is 6.92. The zero-order valence-corrected chi connectivity index (χ0v) is 22.3. The minimum Gasteiger partial charge on any atom is -0.322 e. The molecule has 1 fully saturated rings. The fourth-order valence-corrected chi connectivity index (χ4v) is 4.64. The summed E-state index contributed by atoms with van der Waals surface area (Å²) >= 11 is 0. The number of aromatic nitrogens is 3. The molecule has 206 valence electrons. The van der Waals surface area contributed by atoms with Crippen molar-refractivity contribution >= 4 is 17.2 Å². The maximum absolute atomic E-state index is 13.7. The van der Waals surface area contributed by atoms with E-state index in [-0.39, 0.29) is 5.69 Å². The molecule has 1 N–H and O–H groups in total. The highest BCUT2D eigenvalue weighted by molar-refractivity contribution is 6.04. The molecule has 0 unspecified atom stereocenters. The molecule has 0 spiro atoms. The lowest BCUT2D eigenvalue weighted by Gasteiger charge is -2.32. The van der Waals surface area contributed by atoms with Gasteiger partial charge in [0, 0.05) is 61.8 Å². The van der Waals surface area contributed by atoms with E-state index in [1.807, 2.05) is 20.0 Å². The number of piperazine rings is 1. The van der Waals surface area contributed by atoms with Crippen LogP contribution in [0.3, 0.4) is 0 Å². The van der Waals surface area contributed by atoms with E-state index in [0.29, 0.717) is 41.0 Å². The van der Waals surface area contributed by atoms with Crippen molar-refractivity contribution in [1.29, 1.82) is 0 Å². The number of benzene rings is 2. The van der Waals surface area contributed by atoms with Gasteiger partial charge in [-0.2, -0.15) is 18.3 Å². The van der Waals surface area contributed by atoms with Crippen molar-refractivity contribution in [3.63, 3.8) is 0 Å². The van der Waals surface area contributed by atoms with E-state index in [4.69, 9.17) is 0 Å². The monoisotopic (exact) mass is 546 g/mol. The molecule has 10 heteroatoms. The molecule has 1 saturated heterocycles. The summed E-state index contributed by atoms with van der Waals surface area (Å²) in [6.07, 6.45) is -0.415. The van der Waals surface area contributed by atoms with Crippen LogP contribution in [0.4, 0.5) is 18.9 Å². The van der Waals surface area contributed by atoms with Gasteiger partial charge in [-0.25, -0.2) is 9.50 Å². The Morgan fingerprint density at radius 1 is 1.02 bits per heavy atom. The summed E-state index contributed by atoms with van der Waals surface area (Å²) in [4.78, 5) is 21.9. The fourth-order valence-electron chi connectivity index (χ4n) is 4.64. The first-order chi connectivity index (χ1) is 19.2. The quantitative estimate of drug-likeness (QED) is 0.368. The zero-order valence-electron chi connectivity index (χ0n) is 22.3. The number of aryl methyl sites for hydroxylation is 1. The van der Waals surface area contributed by atoms with E-state index in [9.17, 15) is 18.0 Å². The summed E-state index contributed by atoms with van der Waals surface area (Å²) in [7, 11) is 2.02. The number of hydrogen-bond donors (Lipinski definition) is 1. The Morgan fingerprint density at radius 3 is 2.58 bits per heavy atom. The molecule has 4 aromatic rings. The van der Waals surface area contributed by atoms with Crippen molar-refractivity contribution in [1.82, 2.24) is 24.4 Å². The number of carbonyl (C=O) groups excluding carboxylic acids is 1. The Labute approximate surface area is 230 Å². The molecule has 40 heavy (non-hydrogen) atoms. The third kappa shape index (κ3) is 6.50.